The highest BCUT2D eigenvalue weighted by Crippen LogP contribution is 2.03. The molecule has 1 aromatic rings. The van der Waals surface area contributed by atoms with E-state index in [1.807, 2.05) is 0 Å². The van der Waals surface area contributed by atoms with E-state index in [9.17, 15) is 9.59 Å². The molecule has 1 heterocycles. The number of aromatic nitrogens is 1. The fraction of sp³-hybridized carbons (Fsp3) is 0.111. The molecule has 0 bridgehead atoms. The molecule has 0 amide bonds. The SMILES string of the molecule is CC(=O)C=Cc1ccc(C(=O)O)[nH]1. The molecule has 1 aromatic heterocycles. The second-order valence-electron chi connectivity index (χ2n) is 2.58. The van der Waals surface area contributed by atoms with Gasteiger partial charge in [-0.15, -0.1) is 0 Å². The number of rotatable bonds is 3. The van der Waals surface area contributed by atoms with Crippen LogP contribution in [0.5, 0.6) is 0 Å². The van der Waals surface area contributed by atoms with Gasteiger partial charge in [0.15, 0.2) is 5.78 Å². The summed E-state index contributed by atoms with van der Waals surface area (Å²) in [5, 5.41) is 8.55. The molecule has 2 N–H and O–H groups in total. The average Bonchev–Trinajstić information content (AvgIpc) is 2.48. The Balaban J connectivity index is 2.80. The van der Waals surface area contributed by atoms with Crippen LogP contribution in [0, 0.1) is 0 Å². The Bertz CT molecular complexity index is 363. The number of carboxylic acid groups (broad SMARTS) is 1. The fourth-order valence-electron chi connectivity index (χ4n) is 0.841. The van der Waals surface area contributed by atoms with Gasteiger partial charge < -0.3 is 10.1 Å². The zero-order valence-electron chi connectivity index (χ0n) is 7.07. The van der Waals surface area contributed by atoms with Gasteiger partial charge in [-0.2, -0.15) is 0 Å². The van der Waals surface area contributed by atoms with E-state index in [0.29, 0.717) is 5.69 Å². The summed E-state index contributed by atoms with van der Waals surface area (Å²) in [5.41, 5.74) is 0.718. The number of aromatic carboxylic acids is 1. The number of H-pyrrole nitrogens is 1. The van der Waals surface area contributed by atoms with E-state index < -0.39 is 5.97 Å². The van der Waals surface area contributed by atoms with Crippen molar-refractivity contribution < 1.29 is 14.7 Å². The van der Waals surface area contributed by atoms with Crippen LogP contribution < -0.4 is 0 Å². The highest BCUT2D eigenvalue weighted by atomic mass is 16.4. The van der Waals surface area contributed by atoms with Crippen LogP contribution in [-0.4, -0.2) is 21.8 Å². The van der Waals surface area contributed by atoms with Gasteiger partial charge >= 0.3 is 5.97 Å². The number of allylic oxidation sites excluding steroid dienone is 1. The summed E-state index contributed by atoms with van der Waals surface area (Å²) in [7, 11) is 0. The fourth-order valence-corrected chi connectivity index (χ4v) is 0.841. The first-order valence-electron chi connectivity index (χ1n) is 3.70. The van der Waals surface area contributed by atoms with Gasteiger partial charge in [-0.3, -0.25) is 4.79 Å². The van der Waals surface area contributed by atoms with Gasteiger partial charge in [0.25, 0.3) is 0 Å². The van der Waals surface area contributed by atoms with Crippen LogP contribution in [0.2, 0.25) is 0 Å². The molecule has 1 rings (SSSR count). The lowest BCUT2D eigenvalue weighted by Crippen LogP contribution is -1.95. The molecule has 4 heteroatoms. The van der Waals surface area contributed by atoms with Crippen LogP contribution >= 0.6 is 0 Å². The molecule has 0 spiro atoms. The summed E-state index contributed by atoms with van der Waals surface area (Å²) < 4.78 is 0. The van der Waals surface area contributed by atoms with Crippen molar-refractivity contribution in [3.63, 3.8) is 0 Å². The van der Waals surface area contributed by atoms with E-state index in [1.165, 1.54) is 25.1 Å². The summed E-state index contributed by atoms with van der Waals surface area (Å²) in [6, 6.07) is 3.05. The molecule has 4 nitrogen and oxygen atoms in total. The molecule has 0 aliphatic carbocycles. The molecule has 0 aliphatic rings. The third-order valence-electron chi connectivity index (χ3n) is 1.44. The van der Waals surface area contributed by atoms with Crippen LogP contribution in [0.1, 0.15) is 23.1 Å². The third-order valence-corrected chi connectivity index (χ3v) is 1.44. The lowest BCUT2D eigenvalue weighted by molar-refractivity contribution is -0.112. The number of hydrogen-bond acceptors (Lipinski definition) is 2. The van der Waals surface area contributed by atoms with Gasteiger partial charge in [-0.1, -0.05) is 0 Å². The number of hydrogen-bond donors (Lipinski definition) is 2. The van der Waals surface area contributed by atoms with Crippen LogP contribution in [0.15, 0.2) is 18.2 Å². The van der Waals surface area contributed by atoms with Crippen LogP contribution in [-0.2, 0) is 4.79 Å². The Morgan fingerprint density at radius 2 is 2.15 bits per heavy atom. The Kier molecular flexibility index (Phi) is 2.64. The van der Waals surface area contributed by atoms with Crippen molar-refractivity contribution in [1.82, 2.24) is 4.98 Å². The first-order valence-corrected chi connectivity index (χ1v) is 3.70. The Morgan fingerprint density at radius 1 is 1.46 bits per heavy atom. The highest BCUT2D eigenvalue weighted by molar-refractivity contribution is 5.91. The predicted octanol–water partition coefficient (Wildman–Crippen LogP) is 1.32. The standard InChI is InChI=1S/C9H9NO3/c1-6(11)2-3-7-4-5-8(10-7)9(12)13/h2-5,10H,1H3,(H,12,13). The Morgan fingerprint density at radius 3 is 2.62 bits per heavy atom. The molecular weight excluding hydrogens is 170 g/mol. The maximum Gasteiger partial charge on any atom is 0.352 e. The zero-order chi connectivity index (χ0) is 9.84. The predicted molar refractivity (Wildman–Crippen MR) is 47.5 cm³/mol. The zero-order valence-corrected chi connectivity index (χ0v) is 7.07. The maximum absolute atomic E-state index is 10.5. The van der Waals surface area contributed by atoms with E-state index in [1.54, 1.807) is 6.07 Å². The number of carboxylic acids is 1. The van der Waals surface area contributed by atoms with Gasteiger partial charge in [-0.25, -0.2) is 4.79 Å². The maximum atomic E-state index is 10.5. The van der Waals surface area contributed by atoms with E-state index >= 15 is 0 Å². The van der Waals surface area contributed by atoms with Gasteiger partial charge in [0.2, 0.25) is 0 Å². The molecule has 0 radical (unpaired) electrons. The first kappa shape index (κ1) is 9.25. The van der Waals surface area contributed by atoms with E-state index in [2.05, 4.69) is 4.98 Å². The highest BCUT2D eigenvalue weighted by Gasteiger charge is 2.03. The van der Waals surface area contributed by atoms with Crippen LogP contribution in [0.3, 0.4) is 0 Å². The molecule has 0 aliphatic heterocycles. The average molecular weight is 179 g/mol. The Labute approximate surface area is 74.9 Å². The van der Waals surface area contributed by atoms with Crippen molar-refractivity contribution in [3.8, 4) is 0 Å². The minimum Gasteiger partial charge on any atom is -0.477 e. The number of carbonyl (C=O) groups is 2. The second-order valence-corrected chi connectivity index (χ2v) is 2.58. The first-order chi connectivity index (χ1) is 6.09. The van der Waals surface area contributed by atoms with Crippen molar-refractivity contribution >= 4 is 17.8 Å². The van der Waals surface area contributed by atoms with Gasteiger partial charge in [0.1, 0.15) is 5.69 Å². The van der Waals surface area contributed by atoms with Crippen LogP contribution in [0.4, 0.5) is 0 Å². The monoisotopic (exact) mass is 179 g/mol. The number of carbonyl (C=O) groups excluding carboxylic acids is 1. The van der Waals surface area contributed by atoms with Crippen LogP contribution in [0.25, 0.3) is 6.08 Å². The lowest BCUT2D eigenvalue weighted by Gasteiger charge is -1.86. The normalized spacial score (nSPS) is 10.5. The van der Waals surface area contributed by atoms with Crippen molar-refractivity contribution in [2.45, 2.75) is 6.92 Å². The second kappa shape index (κ2) is 3.71. The summed E-state index contributed by atoms with van der Waals surface area (Å²) >= 11 is 0. The minimum atomic E-state index is -1.01. The molecular formula is C9H9NO3. The molecule has 68 valence electrons. The molecule has 0 fully saturated rings. The van der Waals surface area contributed by atoms with Crippen molar-refractivity contribution in [2.24, 2.45) is 0 Å². The largest absolute Gasteiger partial charge is 0.477 e. The third kappa shape index (κ3) is 2.59. The van der Waals surface area contributed by atoms with Gasteiger partial charge in [0.05, 0.1) is 0 Å². The Hall–Kier alpha value is -1.84. The number of aromatic amines is 1. The smallest absolute Gasteiger partial charge is 0.352 e. The lowest BCUT2D eigenvalue weighted by atomic mass is 10.3. The van der Waals surface area contributed by atoms with Crippen molar-refractivity contribution in [1.29, 1.82) is 0 Å². The molecule has 0 saturated carbocycles. The molecule has 13 heavy (non-hydrogen) atoms. The van der Waals surface area contributed by atoms with E-state index in [0.717, 1.165) is 0 Å². The van der Waals surface area contributed by atoms with Gasteiger partial charge in [-0.05, 0) is 31.2 Å². The summed E-state index contributed by atoms with van der Waals surface area (Å²) in [6.45, 7) is 1.43. The van der Waals surface area contributed by atoms with E-state index in [-0.39, 0.29) is 11.5 Å². The van der Waals surface area contributed by atoms with E-state index in [4.69, 9.17) is 5.11 Å². The molecule has 0 unspecified atom stereocenters. The van der Waals surface area contributed by atoms with Crippen molar-refractivity contribution in [2.75, 3.05) is 0 Å². The van der Waals surface area contributed by atoms with Gasteiger partial charge in [0, 0.05) is 5.69 Å². The molecule has 0 atom stereocenters. The summed E-state index contributed by atoms with van der Waals surface area (Å²) in [5.74, 6) is -1.09. The summed E-state index contributed by atoms with van der Waals surface area (Å²) in [6.07, 6.45) is 2.91. The number of ketones is 1. The van der Waals surface area contributed by atoms with Crippen molar-refractivity contribution in [3.05, 3.63) is 29.6 Å². The number of nitrogens with one attached hydrogen (secondary N) is 1. The summed E-state index contributed by atoms with van der Waals surface area (Å²) in [4.78, 5) is 23.6. The molecule has 0 saturated heterocycles. The topological polar surface area (TPSA) is 70.2 Å². The quantitative estimate of drug-likeness (QED) is 0.687. The minimum absolute atomic E-state index is 0.0773. The molecule has 0 aromatic carbocycles.